The van der Waals surface area contributed by atoms with Gasteiger partial charge in [-0.1, -0.05) is 12.1 Å². The van der Waals surface area contributed by atoms with Gasteiger partial charge in [0.15, 0.2) is 0 Å². The number of nitrogens with zero attached hydrogens (tertiary/aromatic N) is 1. The Labute approximate surface area is 114 Å². The summed E-state index contributed by atoms with van der Waals surface area (Å²) >= 11 is 0. The monoisotopic (exact) mass is 262 g/mol. The van der Waals surface area contributed by atoms with Crippen LogP contribution in [0.5, 0.6) is 5.75 Å². The lowest BCUT2D eigenvalue weighted by Gasteiger charge is -2.24. The van der Waals surface area contributed by atoms with Crippen LogP contribution in [0.1, 0.15) is 33.6 Å². The average molecular weight is 262 g/mol. The van der Waals surface area contributed by atoms with E-state index in [1.165, 1.54) is 0 Å². The van der Waals surface area contributed by atoms with Crippen molar-refractivity contribution in [2.45, 2.75) is 39.2 Å². The van der Waals surface area contributed by atoms with Crippen LogP contribution in [0.4, 0.5) is 10.5 Å². The molecule has 1 saturated heterocycles. The molecule has 104 valence electrons. The van der Waals surface area contributed by atoms with E-state index < -0.39 is 0 Å². The quantitative estimate of drug-likeness (QED) is 0.886. The Kier molecular flexibility index (Phi) is 3.98. The van der Waals surface area contributed by atoms with Gasteiger partial charge in [-0.2, -0.15) is 0 Å². The number of anilines is 1. The molecule has 0 spiro atoms. The van der Waals surface area contributed by atoms with E-state index in [0.717, 1.165) is 31.6 Å². The standard InChI is InChI=1S/C15H22N2O2/c1-15(2,3)19-13-9-5-4-8-12(13)16-14(18)17-10-6-7-11-17/h4-5,8-9H,6-7,10-11H2,1-3H3,(H,16,18). The predicted molar refractivity (Wildman–Crippen MR) is 76.6 cm³/mol. The second kappa shape index (κ2) is 5.51. The fourth-order valence-electron chi connectivity index (χ4n) is 2.10. The number of likely N-dealkylation sites (tertiary alicyclic amines) is 1. The third-order valence-corrected chi connectivity index (χ3v) is 2.94. The second-order valence-corrected chi connectivity index (χ2v) is 5.83. The molecule has 1 aromatic rings. The zero-order valence-electron chi connectivity index (χ0n) is 11.9. The summed E-state index contributed by atoms with van der Waals surface area (Å²) in [5, 5.41) is 2.94. The van der Waals surface area contributed by atoms with E-state index in [2.05, 4.69) is 5.32 Å². The Hall–Kier alpha value is -1.71. The van der Waals surface area contributed by atoms with Crippen molar-refractivity contribution in [3.05, 3.63) is 24.3 Å². The van der Waals surface area contributed by atoms with E-state index in [-0.39, 0.29) is 11.6 Å². The Bertz CT molecular complexity index is 446. The van der Waals surface area contributed by atoms with Crippen LogP contribution in [0.2, 0.25) is 0 Å². The van der Waals surface area contributed by atoms with Crippen LogP contribution in [-0.2, 0) is 0 Å². The van der Waals surface area contributed by atoms with Crippen LogP contribution in [0.3, 0.4) is 0 Å². The van der Waals surface area contributed by atoms with Crippen molar-refractivity contribution in [2.75, 3.05) is 18.4 Å². The van der Waals surface area contributed by atoms with Gasteiger partial charge in [-0.15, -0.1) is 0 Å². The first-order valence-corrected chi connectivity index (χ1v) is 6.80. The van der Waals surface area contributed by atoms with Crippen molar-refractivity contribution in [3.8, 4) is 5.75 Å². The Morgan fingerprint density at radius 3 is 2.47 bits per heavy atom. The fraction of sp³-hybridized carbons (Fsp3) is 0.533. The van der Waals surface area contributed by atoms with Crippen LogP contribution in [-0.4, -0.2) is 29.6 Å². The molecule has 1 fully saturated rings. The summed E-state index contributed by atoms with van der Waals surface area (Å²) in [7, 11) is 0. The minimum atomic E-state index is -0.283. The number of amides is 2. The summed E-state index contributed by atoms with van der Waals surface area (Å²) in [4.78, 5) is 13.9. The molecule has 19 heavy (non-hydrogen) atoms. The van der Waals surface area contributed by atoms with Gasteiger partial charge in [0.05, 0.1) is 5.69 Å². The lowest BCUT2D eigenvalue weighted by atomic mass is 10.2. The van der Waals surface area contributed by atoms with E-state index >= 15 is 0 Å². The topological polar surface area (TPSA) is 41.6 Å². The second-order valence-electron chi connectivity index (χ2n) is 5.83. The SMILES string of the molecule is CC(C)(C)Oc1ccccc1NC(=O)N1CCCC1. The van der Waals surface area contributed by atoms with Gasteiger partial charge in [0.2, 0.25) is 0 Å². The van der Waals surface area contributed by atoms with Crippen molar-refractivity contribution in [1.29, 1.82) is 0 Å². The molecule has 4 heteroatoms. The molecular formula is C15H22N2O2. The summed E-state index contributed by atoms with van der Waals surface area (Å²) in [5.74, 6) is 0.711. The molecule has 0 saturated carbocycles. The van der Waals surface area contributed by atoms with Crippen LogP contribution in [0.15, 0.2) is 24.3 Å². The number of carbonyl (C=O) groups is 1. The van der Waals surface area contributed by atoms with Gasteiger partial charge in [0, 0.05) is 13.1 Å². The van der Waals surface area contributed by atoms with Gasteiger partial charge in [-0.05, 0) is 45.7 Å². The molecule has 1 aliphatic rings. The van der Waals surface area contributed by atoms with Crippen LogP contribution < -0.4 is 10.1 Å². The molecule has 4 nitrogen and oxygen atoms in total. The van der Waals surface area contributed by atoms with Gasteiger partial charge >= 0.3 is 6.03 Å². The summed E-state index contributed by atoms with van der Waals surface area (Å²) in [5.41, 5.74) is 0.448. The number of para-hydroxylation sites is 2. The third-order valence-electron chi connectivity index (χ3n) is 2.94. The molecule has 0 aromatic heterocycles. The maximum absolute atomic E-state index is 12.1. The molecule has 2 amide bonds. The summed E-state index contributed by atoms with van der Waals surface area (Å²) < 4.78 is 5.86. The molecule has 0 atom stereocenters. The average Bonchev–Trinajstić information content (AvgIpc) is 2.83. The molecule has 0 aliphatic carbocycles. The maximum atomic E-state index is 12.1. The van der Waals surface area contributed by atoms with Crippen molar-refractivity contribution in [2.24, 2.45) is 0 Å². The number of carbonyl (C=O) groups excluding carboxylic acids is 1. The number of rotatable bonds is 2. The van der Waals surface area contributed by atoms with Crippen LogP contribution in [0.25, 0.3) is 0 Å². The number of nitrogens with one attached hydrogen (secondary N) is 1. The maximum Gasteiger partial charge on any atom is 0.321 e. The predicted octanol–water partition coefficient (Wildman–Crippen LogP) is 3.49. The molecular weight excluding hydrogens is 240 g/mol. The van der Waals surface area contributed by atoms with Crippen molar-refractivity contribution < 1.29 is 9.53 Å². The Morgan fingerprint density at radius 1 is 1.21 bits per heavy atom. The summed E-state index contributed by atoms with van der Waals surface area (Å²) in [6.07, 6.45) is 2.18. The molecule has 1 aromatic carbocycles. The van der Waals surface area contributed by atoms with E-state index in [1.807, 2.05) is 49.9 Å². The first-order valence-electron chi connectivity index (χ1n) is 6.80. The minimum absolute atomic E-state index is 0.0394. The van der Waals surface area contributed by atoms with Crippen molar-refractivity contribution >= 4 is 11.7 Å². The minimum Gasteiger partial charge on any atom is -0.486 e. The molecule has 0 radical (unpaired) electrons. The molecule has 1 N–H and O–H groups in total. The highest BCUT2D eigenvalue weighted by molar-refractivity contribution is 5.91. The van der Waals surface area contributed by atoms with Gasteiger partial charge in [0.1, 0.15) is 11.4 Å². The van der Waals surface area contributed by atoms with E-state index in [4.69, 9.17) is 4.74 Å². The van der Waals surface area contributed by atoms with Gasteiger partial charge in [-0.3, -0.25) is 0 Å². The summed E-state index contributed by atoms with van der Waals surface area (Å²) in [6.45, 7) is 7.66. The van der Waals surface area contributed by atoms with Crippen molar-refractivity contribution in [3.63, 3.8) is 0 Å². The Morgan fingerprint density at radius 2 is 1.84 bits per heavy atom. The van der Waals surface area contributed by atoms with E-state index in [9.17, 15) is 4.79 Å². The molecule has 2 rings (SSSR count). The fourth-order valence-corrected chi connectivity index (χ4v) is 2.10. The first-order chi connectivity index (χ1) is 8.96. The zero-order chi connectivity index (χ0) is 13.9. The Balaban J connectivity index is 2.09. The number of urea groups is 1. The molecule has 0 unspecified atom stereocenters. The molecule has 1 heterocycles. The smallest absolute Gasteiger partial charge is 0.321 e. The van der Waals surface area contributed by atoms with Crippen LogP contribution in [0, 0.1) is 0 Å². The normalized spacial score (nSPS) is 15.4. The number of hydrogen-bond acceptors (Lipinski definition) is 2. The number of ether oxygens (including phenoxy) is 1. The number of benzene rings is 1. The highest BCUT2D eigenvalue weighted by atomic mass is 16.5. The van der Waals surface area contributed by atoms with Gasteiger partial charge in [0.25, 0.3) is 0 Å². The lowest BCUT2D eigenvalue weighted by Crippen LogP contribution is -2.32. The number of hydrogen-bond donors (Lipinski definition) is 1. The summed E-state index contributed by atoms with van der Waals surface area (Å²) in [6, 6.07) is 7.52. The largest absolute Gasteiger partial charge is 0.486 e. The van der Waals surface area contributed by atoms with Gasteiger partial charge in [-0.25, -0.2) is 4.79 Å². The zero-order valence-corrected chi connectivity index (χ0v) is 11.9. The van der Waals surface area contributed by atoms with Crippen LogP contribution >= 0.6 is 0 Å². The lowest BCUT2D eigenvalue weighted by molar-refractivity contribution is 0.132. The third kappa shape index (κ3) is 3.88. The van der Waals surface area contributed by atoms with E-state index in [1.54, 1.807) is 0 Å². The highest BCUT2D eigenvalue weighted by Gasteiger charge is 2.20. The molecule has 0 bridgehead atoms. The highest BCUT2D eigenvalue weighted by Crippen LogP contribution is 2.28. The van der Waals surface area contributed by atoms with E-state index in [0.29, 0.717) is 5.75 Å². The van der Waals surface area contributed by atoms with Crippen molar-refractivity contribution in [1.82, 2.24) is 4.90 Å². The molecule has 1 aliphatic heterocycles. The van der Waals surface area contributed by atoms with Gasteiger partial charge < -0.3 is 15.0 Å². The first kappa shape index (κ1) is 13.7.